The third-order valence-electron chi connectivity index (χ3n) is 10.3. The van der Waals surface area contributed by atoms with Crippen molar-refractivity contribution >= 4 is 47.9 Å². The van der Waals surface area contributed by atoms with Gasteiger partial charge in [0, 0.05) is 37.2 Å². The van der Waals surface area contributed by atoms with E-state index in [1.54, 1.807) is 78.8 Å². The summed E-state index contributed by atoms with van der Waals surface area (Å²) in [6, 6.07) is 22.9. The predicted octanol–water partition coefficient (Wildman–Crippen LogP) is 6.53. The van der Waals surface area contributed by atoms with Gasteiger partial charge in [0.25, 0.3) is 0 Å². The molecule has 2 heterocycles. The summed E-state index contributed by atoms with van der Waals surface area (Å²) in [4.78, 5) is 76.0. The number of rotatable bonds is 9. The number of benzene rings is 3. The number of nitrogens with two attached hydrogens (primary N) is 1. The summed E-state index contributed by atoms with van der Waals surface area (Å²) in [5.74, 6) is -2.13. The van der Waals surface area contributed by atoms with Crippen LogP contribution in [0.25, 0.3) is 17.2 Å². The fraction of sp³-hybridized carbons (Fsp3) is 0.435. The van der Waals surface area contributed by atoms with E-state index in [1.165, 1.54) is 15.9 Å². The number of carboxylic acid groups (broad SMARTS) is 1. The molecule has 0 bridgehead atoms. The molecule has 0 saturated carbocycles. The quantitative estimate of drug-likeness (QED) is 0.103. The Hall–Kier alpha value is -6.42. The van der Waals surface area contributed by atoms with Gasteiger partial charge in [0.15, 0.2) is 5.54 Å². The van der Waals surface area contributed by atoms with E-state index in [-0.39, 0.29) is 44.5 Å². The summed E-state index contributed by atoms with van der Waals surface area (Å²) in [5, 5.41) is 15.1. The molecule has 3 aliphatic rings. The van der Waals surface area contributed by atoms with Gasteiger partial charge in [0.1, 0.15) is 23.3 Å². The number of carboxylic acids is 1. The number of nitrogens with one attached hydrogen (secondary N) is 2. The van der Waals surface area contributed by atoms with Crippen LogP contribution in [0, 0.1) is 0 Å². The van der Waals surface area contributed by atoms with Crippen molar-refractivity contribution in [2.45, 2.75) is 89.5 Å². The molecular formula is C46H57N5O11. The van der Waals surface area contributed by atoms with Gasteiger partial charge in [-0.3, -0.25) is 4.79 Å². The van der Waals surface area contributed by atoms with Crippen molar-refractivity contribution in [3.8, 4) is 11.1 Å². The van der Waals surface area contributed by atoms with Crippen LogP contribution in [-0.2, 0) is 33.3 Å². The number of nitrogens with zero attached hydrogens (tertiary/aromatic N) is 2. The number of likely N-dealkylation sites (tertiary alicyclic amines) is 2. The van der Waals surface area contributed by atoms with E-state index in [0.29, 0.717) is 25.3 Å². The first kappa shape index (κ1) is 46.6. The highest BCUT2D eigenvalue weighted by molar-refractivity contribution is 5.99. The fourth-order valence-electron chi connectivity index (χ4n) is 7.24. The van der Waals surface area contributed by atoms with E-state index in [1.807, 2.05) is 48.5 Å². The molecule has 5 N–H and O–H groups in total. The van der Waals surface area contributed by atoms with Gasteiger partial charge in [0.2, 0.25) is 5.91 Å². The number of fused-ring (bicyclic) bond motifs is 3. The summed E-state index contributed by atoms with van der Waals surface area (Å²) in [7, 11) is 0. The molecule has 0 spiro atoms. The van der Waals surface area contributed by atoms with E-state index in [2.05, 4.69) is 10.6 Å². The van der Waals surface area contributed by atoms with Gasteiger partial charge in [-0.2, -0.15) is 0 Å². The SMILES string of the molecule is CC(C)(C)OC(=O)N1CC[C@](NC(=O)OCC2c3ccccc3-c3ccccc32)(C(=O)O)C1.CCOC(=O)C=Cc1ccc(NC(=O)[C@]2(N)CCN(C(=O)OC(C)(C)C)C2)cc1. The normalized spacial score (nSPS) is 19.4. The Balaban J connectivity index is 0.000000237. The molecule has 0 aromatic heterocycles. The Morgan fingerprint density at radius 3 is 1.84 bits per heavy atom. The number of amides is 4. The smallest absolute Gasteiger partial charge is 0.410 e. The average Bonchev–Trinajstić information content (AvgIpc) is 3.91. The Labute approximate surface area is 361 Å². The molecule has 2 atom stereocenters. The number of alkyl carbamates (subject to hydrolysis) is 1. The molecule has 2 fully saturated rings. The Bertz CT molecular complexity index is 2130. The zero-order chi connectivity index (χ0) is 45.5. The maximum Gasteiger partial charge on any atom is 0.410 e. The van der Waals surface area contributed by atoms with Crippen LogP contribution in [0.5, 0.6) is 0 Å². The van der Waals surface area contributed by atoms with Gasteiger partial charge in [-0.25, -0.2) is 24.0 Å². The number of hydrogen-bond donors (Lipinski definition) is 4. The number of ether oxygens (including phenoxy) is 4. The van der Waals surface area contributed by atoms with Crippen LogP contribution in [0.3, 0.4) is 0 Å². The van der Waals surface area contributed by atoms with E-state index >= 15 is 0 Å². The van der Waals surface area contributed by atoms with Crippen LogP contribution < -0.4 is 16.4 Å². The molecule has 3 aromatic carbocycles. The molecule has 1 aliphatic carbocycles. The summed E-state index contributed by atoms with van der Waals surface area (Å²) in [6.45, 7) is 13.1. The topological polar surface area (TPSA) is 216 Å². The first-order chi connectivity index (χ1) is 29.1. The minimum absolute atomic E-state index is 0.0613. The maximum absolute atomic E-state index is 12.7. The molecule has 62 heavy (non-hydrogen) atoms. The monoisotopic (exact) mass is 855 g/mol. The molecule has 3 aromatic rings. The van der Waals surface area contributed by atoms with Crippen molar-refractivity contribution in [3.63, 3.8) is 0 Å². The highest BCUT2D eigenvalue weighted by atomic mass is 16.6. The second-order valence-corrected chi connectivity index (χ2v) is 17.5. The van der Waals surface area contributed by atoms with Crippen LogP contribution in [0.1, 0.15) is 83.9 Å². The largest absolute Gasteiger partial charge is 0.479 e. The van der Waals surface area contributed by atoms with Crippen molar-refractivity contribution < 1.29 is 52.8 Å². The van der Waals surface area contributed by atoms with Gasteiger partial charge < -0.3 is 50.2 Å². The second-order valence-electron chi connectivity index (χ2n) is 17.5. The summed E-state index contributed by atoms with van der Waals surface area (Å²) in [5.41, 5.74) is 7.84. The van der Waals surface area contributed by atoms with Gasteiger partial charge >= 0.3 is 30.2 Å². The molecule has 16 nitrogen and oxygen atoms in total. The standard InChI is InChI=1S/C25H28N2O6.C21H29N3O5/c1-24(2,3)33-23(31)27-13-12-25(15-27,21(28)29)26-22(30)32-14-20-18-10-6-4-8-16(18)17-9-5-7-11-19(17)20;1-5-28-17(25)11-8-15-6-9-16(10-7-15)23-18(26)21(22)12-13-24(14-21)19(27)29-20(2,3)4/h4-11,20H,12-15H2,1-3H3,(H,26,30)(H,28,29);6-11H,5,12-14,22H2,1-4H3,(H,23,26)/t25-;21-/m10/s1. The highest BCUT2D eigenvalue weighted by Crippen LogP contribution is 2.44. The minimum Gasteiger partial charge on any atom is -0.479 e. The molecular weight excluding hydrogens is 799 g/mol. The predicted molar refractivity (Wildman–Crippen MR) is 231 cm³/mol. The van der Waals surface area contributed by atoms with Gasteiger partial charge in [-0.1, -0.05) is 60.7 Å². The lowest BCUT2D eigenvalue weighted by Gasteiger charge is -2.27. The van der Waals surface area contributed by atoms with E-state index in [9.17, 15) is 33.9 Å². The Kier molecular flexibility index (Phi) is 14.4. The number of esters is 1. The molecule has 2 saturated heterocycles. The van der Waals surface area contributed by atoms with Crippen LogP contribution >= 0.6 is 0 Å². The van der Waals surface area contributed by atoms with Crippen LogP contribution in [-0.4, -0.2) is 113 Å². The zero-order valence-corrected chi connectivity index (χ0v) is 36.3. The lowest BCUT2D eigenvalue weighted by atomic mass is 9.98. The summed E-state index contributed by atoms with van der Waals surface area (Å²) in [6.07, 6.45) is 1.46. The van der Waals surface area contributed by atoms with Gasteiger partial charge in [-0.05, 0) is 101 Å². The highest BCUT2D eigenvalue weighted by Gasteiger charge is 2.49. The van der Waals surface area contributed by atoms with Crippen molar-refractivity contribution in [3.05, 3.63) is 95.6 Å². The first-order valence-electron chi connectivity index (χ1n) is 20.5. The molecule has 0 radical (unpaired) electrons. The van der Waals surface area contributed by atoms with E-state index in [4.69, 9.17) is 24.7 Å². The van der Waals surface area contributed by atoms with Crippen LogP contribution in [0.2, 0.25) is 0 Å². The van der Waals surface area contributed by atoms with Crippen molar-refractivity contribution in [1.29, 1.82) is 0 Å². The van der Waals surface area contributed by atoms with Crippen molar-refractivity contribution in [2.24, 2.45) is 5.73 Å². The van der Waals surface area contributed by atoms with Crippen molar-refractivity contribution in [1.82, 2.24) is 15.1 Å². The number of carbonyl (C=O) groups excluding carboxylic acids is 5. The average molecular weight is 856 g/mol. The molecule has 16 heteroatoms. The number of aliphatic carboxylic acids is 1. The Morgan fingerprint density at radius 1 is 0.774 bits per heavy atom. The molecule has 6 rings (SSSR count). The summed E-state index contributed by atoms with van der Waals surface area (Å²) < 4.78 is 21.0. The molecule has 332 valence electrons. The third-order valence-corrected chi connectivity index (χ3v) is 10.3. The molecule has 4 amide bonds. The van der Waals surface area contributed by atoms with E-state index < -0.39 is 52.5 Å². The van der Waals surface area contributed by atoms with Crippen LogP contribution in [0.4, 0.5) is 20.1 Å². The zero-order valence-electron chi connectivity index (χ0n) is 36.3. The van der Waals surface area contributed by atoms with Gasteiger partial charge in [0.05, 0.1) is 19.7 Å². The van der Waals surface area contributed by atoms with Gasteiger partial charge in [-0.15, -0.1) is 0 Å². The Morgan fingerprint density at radius 2 is 1.31 bits per heavy atom. The van der Waals surface area contributed by atoms with Crippen molar-refractivity contribution in [2.75, 3.05) is 44.7 Å². The maximum atomic E-state index is 12.7. The molecule has 2 aliphatic heterocycles. The number of carbonyl (C=O) groups is 6. The summed E-state index contributed by atoms with van der Waals surface area (Å²) >= 11 is 0. The minimum atomic E-state index is -1.63. The van der Waals surface area contributed by atoms with E-state index in [0.717, 1.165) is 27.8 Å². The fourth-order valence-corrected chi connectivity index (χ4v) is 7.24. The lowest BCUT2D eigenvalue weighted by Crippen LogP contribution is -2.57. The number of hydrogen-bond acceptors (Lipinski definition) is 11. The van der Waals surface area contributed by atoms with Crippen LogP contribution in [0.15, 0.2) is 78.9 Å². The first-order valence-corrected chi connectivity index (χ1v) is 20.5. The lowest BCUT2D eigenvalue weighted by molar-refractivity contribution is -0.144. The number of anilines is 1. The molecule has 0 unspecified atom stereocenters. The second kappa shape index (κ2) is 19.1. The third kappa shape index (κ3) is 11.9.